The molecular weight excluding hydrogens is 240 g/mol. The summed E-state index contributed by atoms with van der Waals surface area (Å²) in [6.07, 6.45) is 1.60. The average molecular weight is 254 g/mol. The minimum atomic E-state index is 0.391. The van der Waals surface area contributed by atoms with Crippen LogP contribution < -0.4 is 15.8 Å². The van der Waals surface area contributed by atoms with Gasteiger partial charge in [0.1, 0.15) is 24.1 Å². The van der Waals surface area contributed by atoms with Gasteiger partial charge in [-0.15, -0.1) is 0 Å². The molecule has 5 nitrogen and oxygen atoms in total. The normalized spacial score (nSPS) is 9.63. The molecule has 2 rings (SSSR count). The quantitative estimate of drug-likeness (QED) is 0.630. The first-order valence-corrected chi connectivity index (χ1v) is 5.86. The summed E-state index contributed by atoms with van der Waals surface area (Å²) in [7, 11) is 0. The van der Waals surface area contributed by atoms with Crippen molar-refractivity contribution in [2.75, 3.05) is 24.2 Å². The van der Waals surface area contributed by atoms with E-state index in [1.165, 1.54) is 0 Å². The molecule has 1 aromatic carbocycles. The van der Waals surface area contributed by atoms with Crippen LogP contribution in [0.1, 0.15) is 5.69 Å². The Bertz CT molecular complexity index is 592. The Hall–Kier alpha value is -2.74. The number of rotatable bonds is 5. The van der Waals surface area contributed by atoms with E-state index in [0.717, 1.165) is 11.4 Å². The number of nitriles is 1. The molecule has 1 heterocycles. The molecule has 3 N–H and O–H groups in total. The Morgan fingerprint density at radius 2 is 2.21 bits per heavy atom. The molecule has 0 radical (unpaired) electrons. The van der Waals surface area contributed by atoms with Crippen molar-refractivity contribution in [3.05, 3.63) is 48.3 Å². The molecule has 0 aliphatic carbocycles. The maximum atomic E-state index is 8.73. The molecular formula is C14H14N4O. The van der Waals surface area contributed by atoms with E-state index in [4.69, 9.17) is 15.7 Å². The summed E-state index contributed by atoms with van der Waals surface area (Å²) in [5, 5.41) is 11.9. The van der Waals surface area contributed by atoms with Gasteiger partial charge in [-0.2, -0.15) is 5.26 Å². The lowest BCUT2D eigenvalue weighted by Gasteiger charge is -2.09. The molecule has 19 heavy (non-hydrogen) atoms. The van der Waals surface area contributed by atoms with Crippen molar-refractivity contribution in [2.24, 2.45) is 0 Å². The van der Waals surface area contributed by atoms with E-state index in [1.54, 1.807) is 24.4 Å². The monoisotopic (exact) mass is 254 g/mol. The van der Waals surface area contributed by atoms with Crippen LogP contribution in [0, 0.1) is 11.3 Å². The highest BCUT2D eigenvalue weighted by molar-refractivity contribution is 5.46. The topological polar surface area (TPSA) is 84.0 Å². The molecule has 5 heteroatoms. The standard InChI is InChI=1S/C14H14N4O/c15-10-13-9-12(4-5-17-13)18-6-7-19-14-3-1-2-11(16)8-14/h1-5,8-9H,6-7,16H2,(H,17,18). The molecule has 0 saturated heterocycles. The second kappa shape index (κ2) is 6.26. The van der Waals surface area contributed by atoms with Crippen LogP contribution in [0.2, 0.25) is 0 Å². The number of nitrogens with two attached hydrogens (primary N) is 1. The number of anilines is 2. The van der Waals surface area contributed by atoms with Gasteiger partial charge in [0.25, 0.3) is 0 Å². The molecule has 1 aromatic heterocycles. The third-order valence-corrected chi connectivity index (χ3v) is 2.43. The van der Waals surface area contributed by atoms with Crippen LogP contribution in [0.15, 0.2) is 42.6 Å². The van der Waals surface area contributed by atoms with Crippen molar-refractivity contribution in [3.63, 3.8) is 0 Å². The molecule has 96 valence electrons. The number of nitrogens with one attached hydrogen (secondary N) is 1. The van der Waals surface area contributed by atoms with E-state index in [2.05, 4.69) is 10.3 Å². The van der Waals surface area contributed by atoms with Gasteiger partial charge < -0.3 is 15.8 Å². The number of pyridine rings is 1. The Kier molecular flexibility index (Phi) is 4.19. The highest BCUT2D eigenvalue weighted by Gasteiger charge is 1.97. The minimum absolute atomic E-state index is 0.391. The van der Waals surface area contributed by atoms with Crippen LogP contribution in [0.3, 0.4) is 0 Å². The van der Waals surface area contributed by atoms with E-state index in [1.807, 2.05) is 24.3 Å². The van der Waals surface area contributed by atoms with Crippen molar-refractivity contribution in [3.8, 4) is 11.8 Å². The van der Waals surface area contributed by atoms with Gasteiger partial charge in [0.2, 0.25) is 0 Å². The first-order valence-electron chi connectivity index (χ1n) is 5.86. The summed E-state index contributed by atoms with van der Waals surface area (Å²) in [5.74, 6) is 0.745. The Morgan fingerprint density at radius 1 is 1.32 bits per heavy atom. The lowest BCUT2D eigenvalue weighted by molar-refractivity contribution is 0.333. The van der Waals surface area contributed by atoms with Crippen molar-refractivity contribution in [2.45, 2.75) is 0 Å². The summed E-state index contributed by atoms with van der Waals surface area (Å²) in [6.45, 7) is 1.14. The molecule has 0 aliphatic rings. The molecule has 0 aliphatic heterocycles. The molecule has 0 unspecified atom stereocenters. The van der Waals surface area contributed by atoms with Crippen LogP contribution in [-0.2, 0) is 0 Å². The zero-order chi connectivity index (χ0) is 13.5. The average Bonchev–Trinajstić information content (AvgIpc) is 2.44. The van der Waals surface area contributed by atoms with Crippen LogP contribution in [0.4, 0.5) is 11.4 Å². The Morgan fingerprint density at radius 3 is 3.00 bits per heavy atom. The number of benzene rings is 1. The minimum Gasteiger partial charge on any atom is -0.492 e. The number of ether oxygens (including phenoxy) is 1. The zero-order valence-electron chi connectivity index (χ0n) is 10.3. The largest absolute Gasteiger partial charge is 0.492 e. The van der Waals surface area contributed by atoms with Gasteiger partial charge in [0, 0.05) is 30.2 Å². The van der Waals surface area contributed by atoms with E-state index < -0.39 is 0 Å². The lowest BCUT2D eigenvalue weighted by Crippen LogP contribution is -2.11. The third-order valence-electron chi connectivity index (χ3n) is 2.43. The number of aromatic nitrogens is 1. The predicted octanol–water partition coefficient (Wildman–Crippen LogP) is 2.03. The van der Waals surface area contributed by atoms with Crippen molar-refractivity contribution in [1.82, 2.24) is 4.98 Å². The second-order valence-electron chi connectivity index (χ2n) is 3.89. The maximum Gasteiger partial charge on any atom is 0.142 e. The van der Waals surface area contributed by atoms with Gasteiger partial charge in [-0.25, -0.2) is 4.98 Å². The first-order chi connectivity index (χ1) is 9.28. The van der Waals surface area contributed by atoms with Crippen LogP contribution in [0.5, 0.6) is 5.75 Å². The number of hydrogen-bond acceptors (Lipinski definition) is 5. The smallest absolute Gasteiger partial charge is 0.142 e. The molecule has 2 aromatic rings. The number of nitrogens with zero attached hydrogens (tertiary/aromatic N) is 2. The predicted molar refractivity (Wildman–Crippen MR) is 73.8 cm³/mol. The molecule has 0 spiro atoms. The van der Waals surface area contributed by atoms with Gasteiger partial charge in [-0.05, 0) is 24.3 Å². The van der Waals surface area contributed by atoms with Crippen LogP contribution in [-0.4, -0.2) is 18.1 Å². The first kappa shape index (κ1) is 12.7. The SMILES string of the molecule is N#Cc1cc(NCCOc2cccc(N)c2)ccn1. The zero-order valence-corrected chi connectivity index (χ0v) is 10.3. The van der Waals surface area contributed by atoms with Crippen LogP contribution >= 0.6 is 0 Å². The summed E-state index contributed by atoms with van der Waals surface area (Å²) in [6, 6.07) is 12.8. The van der Waals surface area contributed by atoms with Crippen molar-refractivity contribution in [1.29, 1.82) is 5.26 Å². The van der Waals surface area contributed by atoms with E-state index >= 15 is 0 Å². The van der Waals surface area contributed by atoms with E-state index in [9.17, 15) is 0 Å². The van der Waals surface area contributed by atoms with Gasteiger partial charge in [0.05, 0.1) is 0 Å². The molecule has 0 amide bonds. The van der Waals surface area contributed by atoms with Gasteiger partial charge >= 0.3 is 0 Å². The van der Waals surface area contributed by atoms with E-state index in [0.29, 0.717) is 24.5 Å². The fraction of sp³-hybridized carbons (Fsp3) is 0.143. The highest BCUT2D eigenvalue weighted by atomic mass is 16.5. The van der Waals surface area contributed by atoms with Gasteiger partial charge in [0.15, 0.2) is 0 Å². The highest BCUT2D eigenvalue weighted by Crippen LogP contribution is 2.14. The molecule has 0 saturated carbocycles. The van der Waals surface area contributed by atoms with Crippen LogP contribution in [0.25, 0.3) is 0 Å². The summed E-state index contributed by atoms with van der Waals surface area (Å²) in [4.78, 5) is 3.90. The Balaban J connectivity index is 1.79. The van der Waals surface area contributed by atoms with Gasteiger partial charge in [-0.1, -0.05) is 6.07 Å². The van der Waals surface area contributed by atoms with Gasteiger partial charge in [-0.3, -0.25) is 0 Å². The molecule has 0 atom stereocenters. The Labute approximate surface area is 111 Å². The number of hydrogen-bond donors (Lipinski definition) is 2. The summed E-state index contributed by atoms with van der Waals surface area (Å²) < 4.78 is 5.54. The number of nitrogen functional groups attached to an aromatic ring is 1. The fourth-order valence-electron chi connectivity index (χ4n) is 1.57. The van der Waals surface area contributed by atoms with Crippen molar-refractivity contribution >= 4 is 11.4 Å². The lowest BCUT2D eigenvalue weighted by atomic mass is 10.3. The fourth-order valence-corrected chi connectivity index (χ4v) is 1.57. The second-order valence-corrected chi connectivity index (χ2v) is 3.89. The maximum absolute atomic E-state index is 8.73. The molecule has 0 fully saturated rings. The third kappa shape index (κ3) is 3.89. The van der Waals surface area contributed by atoms with E-state index in [-0.39, 0.29) is 0 Å². The summed E-state index contributed by atoms with van der Waals surface area (Å²) >= 11 is 0. The van der Waals surface area contributed by atoms with Crippen molar-refractivity contribution < 1.29 is 4.74 Å². The summed E-state index contributed by atoms with van der Waals surface area (Å²) in [5.41, 5.74) is 7.57. The molecule has 0 bridgehead atoms.